The highest BCUT2D eigenvalue weighted by Crippen LogP contribution is 2.25. The van der Waals surface area contributed by atoms with E-state index in [1.165, 1.54) is 18.2 Å². The zero-order chi connectivity index (χ0) is 16.7. The van der Waals surface area contributed by atoms with Gasteiger partial charge in [-0.25, -0.2) is 4.39 Å². The summed E-state index contributed by atoms with van der Waals surface area (Å²) >= 11 is 8.19. The van der Waals surface area contributed by atoms with Crippen LogP contribution in [0.1, 0.15) is 0 Å². The van der Waals surface area contributed by atoms with Gasteiger partial charge in [0.15, 0.2) is 11.7 Å². The second-order valence-electron chi connectivity index (χ2n) is 4.36. The van der Waals surface area contributed by atoms with Gasteiger partial charge < -0.3 is 10.1 Å². The van der Waals surface area contributed by atoms with Gasteiger partial charge in [-0.3, -0.25) is 15.6 Å². The Morgan fingerprint density at radius 2 is 1.91 bits per heavy atom. The van der Waals surface area contributed by atoms with Crippen LogP contribution in [0.5, 0.6) is 5.75 Å². The van der Waals surface area contributed by atoms with Crippen LogP contribution in [0.4, 0.5) is 10.1 Å². The fraction of sp³-hybridized carbons (Fsp3) is 0.0667. The third-order valence-corrected chi connectivity index (χ3v) is 3.42. The minimum absolute atomic E-state index is 0.243. The maximum Gasteiger partial charge on any atom is 0.276 e. The molecule has 0 saturated heterocycles. The number of thiocarbonyl (C=S) groups is 1. The number of rotatable bonds is 4. The predicted molar refractivity (Wildman–Crippen MR) is 93.5 cm³/mol. The van der Waals surface area contributed by atoms with E-state index in [2.05, 4.69) is 32.1 Å². The fourth-order valence-corrected chi connectivity index (χ4v) is 2.22. The predicted octanol–water partition coefficient (Wildman–Crippen LogP) is 2.98. The van der Waals surface area contributed by atoms with Gasteiger partial charge in [0.2, 0.25) is 0 Å². The van der Waals surface area contributed by atoms with Crippen molar-refractivity contribution in [2.45, 2.75) is 0 Å². The molecule has 0 atom stereocenters. The van der Waals surface area contributed by atoms with Gasteiger partial charge in [0.05, 0.1) is 4.47 Å². The first-order chi connectivity index (χ1) is 11.0. The highest BCUT2D eigenvalue weighted by Gasteiger charge is 2.07. The Labute approximate surface area is 146 Å². The zero-order valence-corrected chi connectivity index (χ0v) is 14.2. The quantitative estimate of drug-likeness (QED) is 0.546. The third-order valence-electron chi connectivity index (χ3n) is 2.60. The number of benzene rings is 2. The first kappa shape index (κ1) is 17.2. The molecule has 0 aliphatic heterocycles. The molecule has 2 aromatic carbocycles. The molecule has 120 valence electrons. The number of carbonyl (C=O) groups is 1. The molecule has 2 aromatic rings. The van der Waals surface area contributed by atoms with E-state index in [9.17, 15) is 9.18 Å². The van der Waals surface area contributed by atoms with E-state index in [-0.39, 0.29) is 11.7 Å². The van der Waals surface area contributed by atoms with Crippen molar-refractivity contribution in [1.82, 2.24) is 10.9 Å². The normalized spacial score (nSPS) is 9.83. The van der Waals surface area contributed by atoms with Crippen LogP contribution in [0.15, 0.2) is 53.0 Å². The standard InChI is InChI=1S/C15H13BrFN3O2S/c16-12-8-10(17)6-7-13(12)22-9-14(21)19-20-15(23)18-11-4-2-1-3-5-11/h1-8H,9H2,(H,19,21)(H2,18,20,23). The lowest BCUT2D eigenvalue weighted by atomic mass is 10.3. The van der Waals surface area contributed by atoms with Crippen molar-refractivity contribution in [2.24, 2.45) is 0 Å². The molecule has 5 nitrogen and oxygen atoms in total. The number of ether oxygens (including phenoxy) is 1. The fourth-order valence-electron chi connectivity index (χ4n) is 1.58. The van der Waals surface area contributed by atoms with Crippen LogP contribution in [0.2, 0.25) is 0 Å². The Morgan fingerprint density at radius 1 is 1.17 bits per heavy atom. The molecule has 8 heteroatoms. The Morgan fingerprint density at radius 3 is 2.61 bits per heavy atom. The Balaban J connectivity index is 1.73. The average Bonchev–Trinajstić information content (AvgIpc) is 2.53. The van der Waals surface area contributed by atoms with Crippen molar-refractivity contribution in [3.05, 3.63) is 58.8 Å². The molecule has 0 saturated carbocycles. The highest BCUT2D eigenvalue weighted by molar-refractivity contribution is 9.10. The van der Waals surface area contributed by atoms with Gasteiger partial charge in [-0.05, 0) is 58.5 Å². The van der Waals surface area contributed by atoms with Crippen molar-refractivity contribution < 1.29 is 13.9 Å². The number of hydrazine groups is 1. The second kappa shape index (κ2) is 8.44. The van der Waals surface area contributed by atoms with E-state index in [0.717, 1.165) is 5.69 Å². The number of halogens is 2. The van der Waals surface area contributed by atoms with Crippen molar-refractivity contribution in [3.8, 4) is 5.75 Å². The molecule has 0 aromatic heterocycles. The van der Waals surface area contributed by atoms with Crippen molar-refractivity contribution in [1.29, 1.82) is 0 Å². The Bertz CT molecular complexity index is 700. The molecule has 0 bridgehead atoms. The number of amides is 1. The van der Waals surface area contributed by atoms with Gasteiger partial charge in [0, 0.05) is 5.69 Å². The minimum atomic E-state index is -0.432. The van der Waals surface area contributed by atoms with E-state index < -0.39 is 11.7 Å². The molecule has 2 rings (SSSR count). The SMILES string of the molecule is O=C(COc1ccc(F)cc1Br)NNC(=S)Nc1ccccc1. The summed E-state index contributed by atoms with van der Waals surface area (Å²) in [6, 6.07) is 13.2. The molecule has 3 N–H and O–H groups in total. The maximum absolute atomic E-state index is 12.9. The smallest absolute Gasteiger partial charge is 0.276 e. The van der Waals surface area contributed by atoms with E-state index in [1.54, 1.807) is 0 Å². The van der Waals surface area contributed by atoms with Crippen LogP contribution in [-0.2, 0) is 4.79 Å². The second-order valence-corrected chi connectivity index (χ2v) is 5.62. The van der Waals surface area contributed by atoms with E-state index in [0.29, 0.717) is 10.2 Å². The summed E-state index contributed by atoms with van der Waals surface area (Å²) in [6.45, 7) is -0.245. The lowest BCUT2D eigenvalue weighted by Gasteiger charge is -2.12. The summed E-state index contributed by atoms with van der Waals surface area (Å²) in [4.78, 5) is 11.7. The van der Waals surface area contributed by atoms with Crippen LogP contribution in [0, 0.1) is 5.82 Å². The van der Waals surface area contributed by atoms with Gasteiger partial charge in [0.25, 0.3) is 5.91 Å². The zero-order valence-electron chi connectivity index (χ0n) is 11.8. The first-order valence-electron chi connectivity index (χ1n) is 6.53. The molecule has 0 aliphatic rings. The molecule has 1 amide bonds. The van der Waals surface area contributed by atoms with Crippen LogP contribution in [0.3, 0.4) is 0 Å². The Kier molecular flexibility index (Phi) is 6.30. The summed E-state index contributed by atoms with van der Waals surface area (Å²) in [6.07, 6.45) is 0. The van der Waals surface area contributed by atoms with Crippen LogP contribution < -0.4 is 20.9 Å². The molecule has 0 spiro atoms. The summed E-state index contributed by atoms with van der Waals surface area (Å²) < 4.78 is 18.6. The summed E-state index contributed by atoms with van der Waals surface area (Å²) in [7, 11) is 0. The van der Waals surface area contributed by atoms with Gasteiger partial charge in [-0.2, -0.15) is 0 Å². The topological polar surface area (TPSA) is 62.4 Å². The number of anilines is 1. The van der Waals surface area contributed by atoms with E-state index in [4.69, 9.17) is 17.0 Å². The van der Waals surface area contributed by atoms with E-state index in [1.807, 2.05) is 30.3 Å². The molecule has 0 unspecified atom stereocenters. The molecule has 0 aliphatic carbocycles. The van der Waals surface area contributed by atoms with Crippen molar-refractivity contribution >= 4 is 44.9 Å². The Hall–Kier alpha value is -2.19. The molecular formula is C15H13BrFN3O2S. The molecule has 0 heterocycles. The molecule has 23 heavy (non-hydrogen) atoms. The van der Waals surface area contributed by atoms with E-state index >= 15 is 0 Å². The largest absolute Gasteiger partial charge is 0.483 e. The number of hydrogen-bond acceptors (Lipinski definition) is 3. The summed E-state index contributed by atoms with van der Waals surface area (Å²) in [5.74, 6) is -0.461. The maximum atomic E-state index is 12.9. The van der Waals surface area contributed by atoms with Crippen LogP contribution in [-0.4, -0.2) is 17.6 Å². The first-order valence-corrected chi connectivity index (χ1v) is 7.73. The number of para-hydroxylation sites is 1. The summed E-state index contributed by atoms with van der Waals surface area (Å²) in [5, 5.41) is 3.15. The monoisotopic (exact) mass is 397 g/mol. The van der Waals surface area contributed by atoms with Gasteiger partial charge in [0.1, 0.15) is 11.6 Å². The molecule has 0 fully saturated rings. The van der Waals surface area contributed by atoms with Crippen molar-refractivity contribution in [3.63, 3.8) is 0 Å². The lowest BCUT2D eigenvalue weighted by Crippen LogP contribution is -2.45. The highest BCUT2D eigenvalue weighted by atomic mass is 79.9. The molecule has 0 radical (unpaired) electrons. The molecular weight excluding hydrogens is 385 g/mol. The number of nitrogens with one attached hydrogen (secondary N) is 3. The average molecular weight is 398 g/mol. The number of carbonyl (C=O) groups excluding carboxylic acids is 1. The van der Waals surface area contributed by atoms with Gasteiger partial charge in [-0.1, -0.05) is 18.2 Å². The van der Waals surface area contributed by atoms with Crippen LogP contribution >= 0.6 is 28.1 Å². The third kappa shape index (κ3) is 5.84. The lowest BCUT2D eigenvalue weighted by molar-refractivity contribution is -0.123. The minimum Gasteiger partial charge on any atom is -0.483 e. The van der Waals surface area contributed by atoms with Gasteiger partial charge >= 0.3 is 0 Å². The van der Waals surface area contributed by atoms with Gasteiger partial charge in [-0.15, -0.1) is 0 Å². The van der Waals surface area contributed by atoms with Crippen molar-refractivity contribution in [2.75, 3.05) is 11.9 Å². The number of hydrogen-bond donors (Lipinski definition) is 3. The van der Waals surface area contributed by atoms with Crippen LogP contribution in [0.25, 0.3) is 0 Å². The summed E-state index contributed by atoms with van der Waals surface area (Å²) in [5.41, 5.74) is 5.75.